The summed E-state index contributed by atoms with van der Waals surface area (Å²) in [5.74, 6) is -0.121. The number of pyridine rings is 1. The third-order valence-electron chi connectivity index (χ3n) is 4.43. The van der Waals surface area contributed by atoms with Gasteiger partial charge in [0.05, 0.1) is 0 Å². The molecule has 2 N–H and O–H groups in total. The van der Waals surface area contributed by atoms with Gasteiger partial charge in [0.15, 0.2) is 0 Å². The molecule has 0 atom stereocenters. The van der Waals surface area contributed by atoms with E-state index in [2.05, 4.69) is 34.6 Å². The van der Waals surface area contributed by atoms with Crippen molar-refractivity contribution in [2.75, 3.05) is 32.5 Å². The molecule has 1 aromatic rings. The topological polar surface area (TPSA) is 57.3 Å². The molecule has 1 saturated carbocycles. The minimum atomic E-state index is -0.121. The molecule has 21 heavy (non-hydrogen) atoms. The normalized spacial score (nSPS) is 17.0. The number of carbonyl (C=O) groups excluding carboxylic acids is 1. The minimum absolute atomic E-state index is 0.121. The van der Waals surface area contributed by atoms with Crippen molar-refractivity contribution in [2.24, 2.45) is 0 Å². The fourth-order valence-electron chi connectivity index (χ4n) is 3.00. The van der Waals surface area contributed by atoms with Gasteiger partial charge in [-0.25, -0.2) is 0 Å². The molecule has 2 rings (SSSR count). The van der Waals surface area contributed by atoms with E-state index in [0.29, 0.717) is 12.2 Å². The molecule has 1 fully saturated rings. The van der Waals surface area contributed by atoms with E-state index in [4.69, 9.17) is 0 Å². The highest BCUT2D eigenvalue weighted by molar-refractivity contribution is 5.93. The highest BCUT2D eigenvalue weighted by Crippen LogP contribution is 2.33. The molecule has 0 saturated heterocycles. The molecule has 116 valence electrons. The zero-order valence-corrected chi connectivity index (χ0v) is 13.3. The van der Waals surface area contributed by atoms with E-state index < -0.39 is 0 Å². The van der Waals surface area contributed by atoms with Crippen LogP contribution in [0.1, 0.15) is 43.1 Å². The van der Waals surface area contributed by atoms with E-state index in [0.717, 1.165) is 12.2 Å². The molecule has 1 amide bonds. The average molecular weight is 290 g/mol. The summed E-state index contributed by atoms with van der Waals surface area (Å²) >= 11 is 0. The Morgan fingerprint density at radius 1 is 1.38 bits per heavy atom. The van der Waals surface area contributed by atoms with E-state index >= 15 is 0 Å². The van der Waals surface area contributed by atoms with E-state index in [-0.39, 0.29) is 11.4 Å². The Kier molecular flexibility index (Phi) is 5.17. The lowest BCUT2D eigenvalue weighted by Crippen LogP contribution is -2.47. The summed E-state index contributed by atoms with van der Waals surface area (Å²) in [7, 11) is 4.30. The second-order valence-corrected chi connectivity index (χ2v) is 5.97. The summed E-state index contributed by atoms with van der Waals surface area (Å²) in [4.78, 5) is 18.3. The molecular weight excluding hydrogens is 264 g/mol. The van der Waals surface area contributed by atoms with Crippen molar-refractivity contribution in [1.82, 2.24) is 15.2 Å². The summed E-state index contributed by atoms with van der Waals surface area (Å²) < 4.78 is 0. The predicted molar refractivity (Wildman–Crippen MR) is 85.6 cm³/mol. The van der Waals surface area contributed by atoms with Crippen LogP contribution in [0.2, 0.25) is 0 Å². The zero-order valence-electron chi connectivity index (χ0n) is 13.3. The van der Waals surface area contributed by atoms with Crippen LogP contribution in [0.4, 0.5) is 5.69 Å². The van der Waals surface area contributed by atoms with Gasteiger partial charge in [0.2, 0.25) is 0 Å². The van der Waals surface area contributed by atoms with Crippen LogP contribution in [0.25, 0.3) is 0 Å². The third kappa shape index (κ3) is 3.73. The zero-order chi connectivity index (χ0) is 15.3. The van der Waals surface area contributed by atoms with Gasteiger partial charge in [0.1, 0.15) is 5.69 Å². The van der Waals surface area contributed by atoms with Crippen LogP contribution in [0.15, 0.2) is 18.3 Å². The van der Waals surface area contributed by atoms with Gasteiger partial charge in [-0.3, -0.25) is 9.78 Å². The molecular formula is C16H26N4O. The molecule has 0 unspecified atom stereocenters. The lowest BCUT2D eigenvalue weighted by Gasteiger charge is -2.36. The highest BCUT2D eigenvalue weighted by Gasteiger charge is 2.35. The maximum atomic E-state index is 11.8. The van der Waals surface area contributed by atoms with Gasteiger partial charge in [-0.15, -0.1) is 0 Å². The summed E-state index contributed by atoms with van der Waals surface area (Å²) in [6.07, 6.45) is 6.72. The fraction of sp³-hybridized carbons (Fsp3) is 0.625. The quantitative estimate of drug-likeness (QED) is 0.842. The van der Waals surface area contributed by atoms with Crippen LogP contribution in [0, 0.1) is 0 Å². The predicted octanol–water partition coefficient (Wildman–Crippen LogP) is 2.12. The Hall–Kier alpha value is -1.62. The van der Waals surface area contributed by atoms with Gasteiger partial charge in [0, 0.05) is 30.5 Å². The fourth-order valence-corrected chi connectivity index (χ4v) is 3.00. The summed E-state index contributed by atoms with van der Waals surface area (Å²) in [5.41, 5.74) is 1.65. The Bertz CT molecular complexity index is 481. The number of likely N-dealkylation sites (N-methyl/N-ethyl adjacent to an activating group) is 1. The van der Waals surface area contributed by atoms with E-state index in [1.54, 1.807) is 6.20 Å². The van der Waals surface area contributed by atoms with E-state index in [1.807, 2.05) is 19.1 Å². The first-order valence-corrected chi connectivity index (χ1v) is 7.73. The minimum Gasteiger partial charge on any atom is -0.383 e. The van der Waals surface area contributed by atoms with Crippen molar-refractivity contribution in [3.05, 3.63) is 24.0 Å². The number of aromatic nitrogens is 1. The average Bonchev–Trinajstić information content (AvgIpc) is 2.96. The standard InChI is InChI=1S/C16H26N4O/c1-4-17-15(21)14-11-13(7-10-18-14)19-12-16(20(2)3)8-5-6-9-16/h7,10-11H,4-6,8-9,12H2,1-3H3,(H,17,21)(H,18,19). The lowest BCUT2D eigenvalue weighted by molar-refractivity contribution is 0.0951. The smallest absolute Gasteiger partial charge is 0.269 e. The number of nitrogens with one attached hydrogen (secondary N) is 2. The van der Waals surface area contributed by atoms with Crippen molar-refractivity contribution in [2.45, 2.75) is 38.1 Å². The van der Waals surface area contributed by atoms with Crippen LogP contribution >= 0.6 is 0 Å². The molecule has 0 spiro atoms. The molecule has 1 aliphatic carbocycles. The Labute approximate surface area is 127 Å². The molecule has 0 radical (unpaired) electrons. The number of hydrogen-bond acceptors (Lipinski definition) is 4. The molecule has 0 bridgehead atoms. The first kappa shape index (κ1) is 15.8. The van der Waals surface area contributed by atoms with Crippen LogP contribution in [-0.2, 0) is 0 Å². The largest absolute Gasteiger partial charge is 0.383 e. The molecule has 1 aromatic heterocycles. The van der Waals surface area contributed by atoms with Crippen LogP contribution < -0.4 is 10.6 Å². The van der Waals surface area contributed by atoms with Crippen molar-refractivity contribution < 1.29 is 4.79 Å². The Morgan fingerprint density at radius 3 is 2.71 bits per heavy atom. The van der Waals surface area contributed by atoms with Gasteiger partial charge in [-0.05, 0) is 46.0 Å². The number of hydrogen-bond donors (Lipinski definition) is 2. The number of rotatable bonds is 6. The first-order chi connectivity index (χ1) is 10.1. The van der Waals surface area contributed by atoms with Gasteiger partial charge in [0.25, 0.3) is 5.91 Å². The number of carbonyl (C=O) groups is 1. The Morgan fingerprint density at radius 2 is 2.10 bits per heavy atom. The lowest BCUT2D eigenvalue weighted by atomic mass is 9.96. The monoisotopic (exact) mass is 290 g/mol. The summed E-state index contributed by atoms with van der Waals surface area (Å²) in [5, 5.41) is 6.26. The van der Waals surface area contributed by atoms with Crippen LogP contribution in [0.3, 0.4) is 0 Å². The van der Waals surface area contributed by atoms with Crippen molar-refractivity contribution in [3.63, 3.8) is 0 Å². The SMILES string of the molecule is CCNC(=O)c1cc(NCC2(N(C)C)CCCC2)ccn1. The van der Waals surface area contributed by atoms with Crippen LogP contribution in [0.5, 0.6) is 0 Å². The van der Waals surface area contributed by atoms with Crippen molar-refractivity contribution >= 4 is 11.6 Å². The number of anilines is 1. The van der Waals surface area contributed by atoms with Gasteiger partial charge in [-0.2, -0.15) is 0 Å². The second-order valence-electron chi connectivity index (χ2n) is 5.97. The van der Waals surface area contributed by atoms with Gasteiger partial charge in [-0.1, -0.05) is 12.8 Å². The number of nitrogens with zero attached hydrogens (tertiary/aromatic N) is 2. The molecule has 0 aliphatic heterocycles. The molecule has 5 heteroatoms. The number of amides is 1. The van der Waals surface area contributed by atoms with Gasteiger partial charge >= 0.3 is 0 Å². The highest BCUT2D eigenvalue weighted by atomic mass is 16.1. The van der Waals surface area contributed by atoms with Crippen molar-refractivity contribution in [1.29, 1.82) is 0 Å². The maximum absolute atomic E-state index is 11.8. The molecule has 0 aromatic carbocycles. The Balaban J connectivity index is 2.03. The summed E-state index contributed by atoms with van der Waals surface area (Å²) in [6.45, 7) is 3.42. The first-order valence-electron chi connectivity index (χ1n) is 7.73. The molecule has 1 aliphatic rings. The van der Waals surface area contributed by atoms with Crippen LogP contribution in [-0.4, -0.2) is 48.5 Å². The second kappa shape index (κ2) is 6.89. The van der Waals surface area contributed by atoms with Gasteiger partial charge < -0.3 is 15.5 Å². The van der Waals surface area contributed by atoms with E-state index in [9.17, 15) is 4.79 Å². The molecule has 1 heterocycles. The van der Waals surface area contributed by atoms with E-state index in [1.165, 1.54) is 25.7 Å². The van der Waals surface area contributed by atoms with Crippen molar-refractivity contribution in [3.8, 4) is 0 Å². The third-order valence-corrected chi connectivity index (χ3v) is 4.43. The molecule has 5 nitrogen and oxygen atoms in total. The maximum Gasteiger partial charge on any atom is 0.269 e. The summed E-state index contributed by atoms with van der Waals surface area (Å²) in [6, 6.07) is 3.74.